The number of aromatic nitrogens is 5. The largest absolute Gasteiger partial charge is 0.321 e. The number of rotatable bonds is 3. The zero-order chi connectivity index (χ0) is 16.5. The molecule has 3 heterocycles. The third-order valence-electron chi connectivity index (χ3n) is 4.11. The van der Waals surface area contributed by atoms with Gasteiger partial charge in [-0.15, -0.1) is 10.2 Å². The lowest BCUT2D eigenvalue weighted by Gasteiger charge is -2.13. The molecule has 1 amide bonds. The number of amides is 1. The highest BCUT2D eigenvalue weighted by atomic mass is 16.1. The van der Waals surface area contributed by atoms with E-state index in [0.717, 1.165) is 35.6 Å². The summed E-state index contributed by atoms with van der Waals surface area (Å²) in [5.41, 5.74) is 4.01. The minimum absolute atomic E-state index is 0.216. The van der Waals surface area contributed by atoms with Crippen molar-refractivity contribution >= 4 is 11.6 Å². The molecule has 1 aliphatic rings. The monoisotopic (exact) mass is 323 g/mol. The van der Waals surface area contributed by atoms with Crippen LogP contribution in [0.3, 0.4) is 0 Å². The van der Waals surface area contributed by atoms with Crippen molar-refractivity contribution in [2.24, 2.45) is 7.05 Å². The Labute approximate surface area is 138 Å². The fourth-order valence-electron chi connectivity index (χ4n) is 2.88. The van der Waals surface area contributed by atoms with Gasteiger partial charge in [-0.3, -0.25) is 9.89 Å². The molecule has 0 saturated carbocycles. The number of nitrogens with zero attached hydrogens (tertiary/aromatic N) is 4. The van der Waals surface area contributed by atoms with Gasteiger partial charge in [-0.2, -0.15) is 5.10 Å². The van der Waals surface area contributed by atoms with Gasteiger partial charge >= 0.3 is 0 Å². The Morgan fingerprint density at radius 2 is 2.29 bits per heavy atom. The van der Waals surface area contributed by atoms with Crippen LogP contribution in [-0.4, -0.2) is 37.4 Å². The van der Waals surface area contributed by atoms with Crippen molar-refractivity contribution in [2.45, 2.75) is 13.0 Å². The van der Waals surface area contributed by atoms with E-state index in [1.54, 1.807) is 6.33 Å². The van der Waals surface area contributed by atoms with Gasteiger partial charge in [0, 0.05) is 49.1 Å². The first-order chi connectivity index (χ1) is 11.7. The molecule has 2 aromatic heterocycles. The zero-order valence-electron chi connectivity index (χ0n) is 13.2. The topological polar surface area (TPSA) is 101 Å². The van der Waals surface area contributed by atoms with Gasteiger partial charge in [0.05, 0.1) is 0 Å². The maximum Gasteiger partial charge on any atom is 0.276 e. The first-order valence-corrected chi connectivity index (χ1v) is 7.75. The van der Waals surface area contributed by atoms with Gasteiger partial charge in [0.2, 0.25) is 0 Å². The van der Waals surface area contributed by atoms with Crippen LogP contribution in [-0.2, 0) is 20.0 Å². The number of nitrogens with one attached hydrogen (secondary N) is 3. The van der Waals surface area contributed by atoms with Gasteiger partial charge in [0.15, 0.2) is 11.5 Å². The van der Waals surface area contributed by atoms with Crippen molar-refractivity contribution in [1.82, 2.24) is 30.3 Å². The molecule has 0 spiro atoms. The standard InChI is InChI=1S/C16H17N7O/c1-23-9-18-22-15(23)10-3-2-4-11(7-10)19-16(24)14-12-8-17-6-5-13(12)20-21-14/h2-4,7,9,17H,5-6,8H2,1H3,(H,19,24)(H,20,21). The van der Waals surface area contributed by atoms with E-state index in [4.69, 9.17) is 0 Å². The third-order valence-corrected chi connectivity index (χ3v) is 4.11. The number of aryl methyl sites for hydroxylation is 1. The quantitative estimate of drug-likeness (QED) is 0.670. The molecule has 3 N–H and O–H groups in total. The summed E-state index contributed by atoms with van der Waals surface area (Å²) in [6.45, 7) is 1.56. The summed E-state index contributed by atoms with van der Waals surface area (Å²) in [5, 5.41) is 21.3. The van der Waals surface area contributed by atoms with E-state index in [9.17, 15) is 4.79 Å². The fourth-order valence-corrected chi connectivity index (χ4v) is 2.88. The van der Waals surface area contributed by atoms with E-state index in [2.05, 4.69) is 31.0 Å². The second kappa shape index (κ2) is 5.89. The van der Waals surface area contributed by atoms with E-state index < -0.39 is 0 Å². The molecule has 0 bridgehead atoms. The molecular weight excluding hydrogens is 306 g/mol. The van der Waals surface area contributed by atoms with Gasteiger partial charge < -0.3 is 15.2 Å². The zero-order valence-corrected chi connectivity index (χ0v) is 13.2. The summed E-state index contributed by atoms with van der Waals surface area (Å²) in [4.78, 5) is 12.6. The van der Waals surface area contributed by atoms with Crippen LogP contribution >= 0.6 is 0 Å². The molecule has 122 valence electrons. The lowest BCUT2D eigenvalue weighted by atomic mass is 10.1. The highest BCUT2D eigenvalue weighted by Crippen LogP contribution is 2.21. The number of fused-ring (bicyclic) bond motifs is 1. The molecule has 3 aromatic rings. The summed E-state index contributed by atoms with van der Waals surface area (Å²) < 4.78 is 1.83. The summed E-state index contributed by atoms with van der Waals surface area (Å²) in [7, 11) is 1.88. The molecule has 0 radical (unpaired) electrons. The molecule has 1 aliphatic heterocycles. The lowest BCUT2D eigenvalue weighted by molar-refractivity contribution is 0.102. The molecule has 1 aromatic carbocycles. The summed E-state index contributed by atoms with van der Waals surface area (Å²) in [6, 6.07) is 7.52. The predicted octanol–water partition coefficient (Wildman–Crippen LogP) is 1.10. The van der Waals surface area contributed by atoms with Crippen molar-refractivity contribution in [3.05, 3.63) is 47.5 Å². The van der Waals surface area contributed by atoms with Gasteiger partial charge in [-0.05, 0) is 12.1 Å². The number of benzene rings is 1. The van der Waals surface area contributed by atoms with E-state index >= 15 is 0 Å². The van der Waals surface area contributed by atoms with Crippen molar-refractivity contribution in [1.29, 1.82) is 0 Å². The lowest BCUT2D eigenvalue weighted by Crippen LogP contribution is -2.25. The second-order valence-electron chi connectivity index (χ2n) is 5.76. The van der Waals surface area contributed by atoms with Crippen LogP contribution in [0.2, 0.25) is 0 Å². The minimum Gasteiger partial charge on any atom is -0.321 e. The number of aromatic amines is 1. The first kappa shape index (κ1) is 14.6. The Balaban J connectivity index is 1.58. The van der Waals surface area contributed by atoms with Crippen molar-refractivity contribution in [3.63, 3.8) is 0 Å². The van der Waals surface area contributed by atoms with E-state index in [1.807, 2.05) is 35.9 Å². The van der Waals surface area contributed by atoms with Gasteiger partial charge in [0.1, 0.15) is 6.33 Å². The summed E-state index contributed by atoms with van der Waals surface area (Å²) in [6.07, 6.45) is 2.50. The Hall–Kier alpha value is -3.00. The normalized spacial score (nSPS) is 13.5. The molecule has 4 rings (SSSR count). The van der Waals surface area contributed by atoms with Crippen LogP contribution in [0.25, 0.3) is 11.4 Å². The second-order valence-corrected chi connectivity index (χ2v) is 5.76. The molecule has 8 nitrogen and oxygen atoms in total. The first-order valence-electron chi connectivity index (χ1n) is 7.75. The molecule has 24 heavy (non-hydrogen) atoms. The maximum atomic E-state index is 12.6. The number of hydrogen-bond acceptors (Lipinski definition) is 5. The van der Waals surface area contributed by atoms with Gasteiger partial charge in [0.25, 0.3) is 5.91 Å². The van der Waals surface area contributed by atoms with E-state index in [-0.39, 0.29) is 5.91 Å². The summed E-state index contributed by atoms with van der Waals surface area (Å²) in [5.74, 6) is 0.527. The van der Waals surface area contributed by atoms with Crippen LogP contribution in [0.15, 0.2) is 30.6 Å². The van der Waals surface area contributed by atoms with Crippen LogP contribution < -0.4 is 10.6 Å². The average Bonchev–Trinajstić information content (AvgIpc) is 3.21. The van der Waals surface area contributed by atoms with Crippen molar-refractivity contribution < 1.29 is 4.79 Å². The third kappa shape index (κ3) is 2.56. The maximum absolute atomic E-state index is 12.6. The highest BCUT2D eigenvalue weighted by Gasteiger charge is 2.21. The number of carbonyl (C=O) groups is 1. The fraction of sp³-hybridized carbons (Fsp3) is 0.250. The Morgan fingerprint density at radius 1 is 1.38 bits per heavy atom. The van der Waals surface area contributed by atoms with Gasteiger partial charge in [-0.1, -0.05) is 12.1 Å². The molecule has 0 fully saturated rings. The van der Waals surface area contributed by atoms with Gasteiger partial charge in [-0.25, -0.2) is 0 Å². The van der Waals surface area contributed by atoms with Crippen molar-refractivity contribution in [3.8, 4) is 11.4 Å². The molecule has 0 saturated heterocycles. The smallest absolute Gasteiger partial charge is 0.276 e. The van der Waals surface area contributed by atoms with Crippen molar-refractivity contribution in [2.75, 3.05) is 11.9 Å². The highest BCUT2D eigenvalue weighted by molar-refractivity contribution is 6.04. The van der Waals surface area contributed by atoms with Crippen LogP contribution in [0.4, 0.5) is 5.69 Å². The molecule has 0 atom stereocenters. The number of anilines is 1. The Kier molecular flexibility index (Phi) is 3.58. The number of hydrogen-bond donors (Lipinski definition) is 3. The SMILES string of the molecule is Cn1cnnc1-c1cccc(NC(=O)c2n[nH]c3c2CNCC3)c1. The summed E-state index contributed by atoms with van der Waals surface area (Å²) >= 11 is 0. The molecular formula is C16H17N7O. The Morgan fingerprint density at radius 3 is 3.12 bits per heavy atom. The van der Waals surface area contributed by atoms with Crippen LogP contribution in [0.5, 0.6) is 0 Å². The van der Waals surface area contributed by atoms with Crippen LogP contribution in [0, 0.1) is 0 Å². The predicted molar refractivity (Wildman–Crippen MR) is 88.4 cm³/mol. The molecule has 0 aliphatic carbocycles. The van der Waals surface area contributed by atoms with E-state index in [1.165, 1.54) is 0 Å². The average molecular weight is 323 g/mol. The van der Waals surface area contributed by atoms with E-state index in [0.29, 0.717) is 17.9 Å². The number of H-pyrrole nitrogens is 1. The molecule has 8 heteroatoms. The Bertz CT molecular complexity index is 895. The number of carbonyl (C=O) groups excluding carboxylic acids is 1. The molecule has 0 unspecified atom stereocenters. The minimum atomic E-state index is -0.216. The van der Waals surface area contributed by atoms with Crippen LogP contribution in [0.1, 0.15) is 21.7 Å².